The maximum absolute atomic E-state index is 12.6. The first-order chi connectivity index (χ1) is 9.47. The lowest BCUT2D eigenvalue weighted by Gasteiger charge is -2.12. The summed E-state index contributed by atoms with van der Waals surface area (Å²) in [4.78, 5) is 1.01. The van der Waals surface area contributed by atoms with Gasteiger partial charge in [0.2, 0.25) is 0 Å². The largest absolute Gasteiger partial charge is 0.482 e. The molecule has 2 rings (SSSR count). The summed E-state index contributed by atoms with van der Waals surface area (Å²) in [7, 11) is 0. The number of hydrogen-bond acceptors (Lipinski definition) is 2. The zero-order valence-corrected chi connectivity index (χ0v) is 11.6. The van der Waals surface area contributed by atoms with Gasteiger partial charge in [0.1, 0.15) is 11.7 Å². The Labute approximate surface area is 119 Å². The van der Waals surface area contributed by atoms with Crippen molar-refractivity contribution < 1.29 is 17.9 Å². The number of rotatable bonds is 4. The topological polar surface area (TPSA) is 9.23 Å². The van der Waals surface area contributed by atoms with E-state index in [1.165, 1.54) is 17.8 Å². The molecule has 0 aliphatic rings. The summed E-state index contributed by atoms with van der Waals surface area (Å²) >= 11 is 1.43. The van der Waals surface area contributed by atoms with E-state index >= 15 is 0 Å². The molecule has 2 aromatic carbocycles. The molecule has 0 aliphatic carbocycles. The number of alkyl halides is 3. The van der Waals surface area contributed by atoms with E-state index in [4.69, 9.17) is 4.74 Å². The average Bonchev–Trinajstić information content (AvgIpc) is 2.41. The van der Waals surface area contributed by atoms with Crippen molar-refractivity contribution in [1.29, 1.82) is 0 Å². The Bertz CT molecular complexity index is 567. The van der Waals surface area contributed by atoms with Gasteiger partial charge >= 0.3 is 6.18 Å². The van der Waals surface area contributed by atoms with Crippen LogP contribution in [0.1, 0.15) is 11.1 Å². The molecule has 0 bridgehead atoms. The molecule has 0 saturated carbocycles. The predicted molar refractivity (Wildman–Crippen MR) is 74.0 cm³/mol. The van der Waals surface area contributed by atoms with Crippen molar-refractivity contribution in [1.82, 2.24) is 0 Å². The van der Waals surface area contributed by atoms with Crippen LogP contribution in [0.4, 0.5) is 13.2 Å². The molecule has 0 spiro atoms. The van der Waals surface area contributed by atoms with Gasteiger partial charge in [-0.15, -0.1) is 0 Å². The smallest absolute Gasteiger partial charge is 0.416 e. The molecular formula is C15H13F3OS. The van der Waals surface area contributed by atoms with Crippen LogP contribution < -0.4 is 4.74 Å². The molecule has 2 aromatic rings. The third-order valence-electron chi connectivity index (χ3n) is 2.70. The number of hydrogen-bond donors (Lipinski definition) is 0. The standard InChI is InChI=1S/C15H13F3OS/c1-11-7-8-12(15(16,17)18)9-14(11)19-10-20-13-5-3-2-4-6-13/h2-9H,10H2,1H3. The molecule has 0 saturated heterocycles. The number of halogens is 3. The maximum Gasteiger partial charge on any atom is 0.416 e. The lowest BCUT2D eigenvalue weighted by Crippen LogP contribution is -2.06. The van der Waals surface area contributed by atoms with E-state index in [1.54, 1.807) is 6.92 Å². The lowest BCUT2D eigenvalue weighted by atomic mass is 10.1. The highest BCUT2D eigenvalue weighted by Crippen LogP contribution is 2.33. The van der Waals surface area contributed by atoms with Crippen LogP contribution in [0.25, 0.3) is 0 Å². The summed E-state index contributed by atoms with van der Waals surface area (Å²) in [5, 5.41) is 0. The van der Waals surface area contributed by atoms with E-state index < -0.39 is 11.7 Å². The van der Waals surface area contributed by atoms with Gasteiger partial charge in [-0.2, -0.15) is 13.2 Å². The molecule has 0 amide bonds. The summed E-state index contributed by atoms with van der Waals surface area (Å²) in [6.07, 6.45) is -4.35. The lowest BCUT2D eigenvalue weighted by molar-refractivity contribution is -0.137. The summed E-state index contributed by atoms with van der Waals surface area (Å²) in [5.41, 5.74) is -0.00512. The van der Waals surface area contributed by atoms with E-state index in [1.807, 2.05) is 30.3 Å². The Morgan fingerprint density at radius 2 is 1.75 bits per heavy atom. The molecule has 0 aliphatic heterocycles. The van der Waals surface area contributed by atoms with Crippen LogP contribution in [0.2, 0.25) is 0 Å². The molecule has 0 N–H and O–H groups in total. The fourth-order valence-corrected chi connectivity index (χ4v) is 2.28. The Kier molecular flexibility index (Phi) is 4.60. The van der Waals surface area contributed by atoms with Crippen LogP contribution >= 0.6 is 11.8 Å². The van der Waals surface area contributed by atoms with Crippen molar-refractivity contribution in [2.45, 2.75) is 18.0 Å². The van der Waals surface area contributed by atoms with Gasteiger partial charge < -0.3 is 4.74 Å². The van der Waals surface area contributed by atoms with Crippen LogP contribution in [0.15, 0.2) is 53.4 Å². The molecule has 1 nitrogen and oxygen atoms in total. The van der Waals surface area contributed by atoms with Gasteiger partial charge in [-0.25, -0.2) is 0 Å². The number of aryl methyl sites for hydroxylation is 1. The van der Waals surface area contributed by atoms with Gasteiger partial charge in [-0.1, -0.05) is 36.0 Å². The predicted octanol–water partition coefficient (Wildman–Crippen LogP) is 5.14. The summed E-state index contributed by atoms with van der Waals surface area (Å²) in [6.45, 7) is 1.72. The van der Waals surface area contributed by atoms with Crippen molar-refractivity contribution in [3.63, 3.8) is 0 Å². The third-order valence-corrected chi connectivity index (χ3v) is 3.54. The second-order valence-electron chi connectivity index (χ2n) is 4.20. The highest BCUT2D eigenvalue weighted by Gasteiger charge is 2.31. The molecule has 0 heterocycles. The van der Waals surface area contributed by atoms with E-state index in [0.29, 0.717) is 5.56 Å². The molecule has 0 atom stereocenters. The van der Waals surface area contributed by atoms with Crippen molar-refractivity contribution in [3.8, 4) is 5.75 Å². The highest BCUT2D eigenvalue weighted by atomic mass is 32.2. The first kappa shape index (κ1) is 14.8. The van der Waals surface area contributed by atoms with Crippen LogP contribution in [-0.2, 0) is 6.18 Å². The van der Waals surface area contributed by atoms with Crippen LogP contribution in [0.5, 0.6) is 5.75 Å². The Hall–Kier alpha value is -1.62. The first-order valence-corrected chi connectivity index (χ1v) is 6.94. The normalized spacial score (nSPS) is 11.4. The van der Waals surface area contributed by atoms with Gasteiger partial charge in [0.05, 0.1) is 5.56 Å². The molecule has 0 fully saturated rings. The van der Waals surface area contributed by atoms with E-state index in [0.717, 1.165) is 17.0 Å². The Morgan fingerprint density at radius 3 is 2.40 bits per heavy atom. The number of ether oxygens (including phenoxy) is 1. The molecule has 20 heavy (non-hydrogen) atoms. The molecule has 5 heteroatoms. The van der Waals surface area contributed by atoms with Crippen molar-refractivity contribution in [3.05, 3.63) is 59.7 Å². The van der Waals surface area contributed by atoms with Gasteiger partial charge in [-0.3, -0.25) is 0 Å². The van der Waals surface area contributed by atoms with Crippen LogP contribution in [-0.4, -0.2) is 5.94 Å². The number of thioether (sulfide) groups is 1. The van der Waals surface area contributed by atoms with E-state index in [-0.39, 0.29) is 11.7 Å². The Balaban J connectivity index is 2.02. The van der Waals surface area contributed by atoms with Crippen LogP contribution in [0, 0.1) is 6.92 Å². The van der Waals surface area contributed by atoms with Crippen LogP contribution in [0.3, 0.4) is 0 Å². The molecule has 0 aromatic heterocycles. The van der Waals surface area contributed by atoms with Gasteiger partial charge in [0, 0.05) is 4.90 Å². The summed E-state index contributed by atoms with van der Waals surface area (Å²) in [5.74, 6) is 0.537. The van der Waals surface area contributed by atoms with Gasteiger partial charge in [0.15, 0.2) is 0 Å². The zero-order chi connectivity index (χ0) is 14.6. The van der Waals surface area contributed by atoms with Gasteiger partial charge in [-0.05, 0) is 36.8 Å². The maximum atomic E-state index is 12.6. The zero-order valence-electron chi connectivity index (χ0n) is 10.8. The monoisotopic (exact) mass is 298 g/mol. The van der Waals surface area contributed by atoms with E-state index in [9.17, 15) is 13.2 Å². The fourth-order valence-electron chi connectivity index (χ4n) is 1.61. The average molecular weight is 298 g/mol. The Morgan fingerprint density at radius 1 is 1.05 bits per heavy atom. The van der Waals surface area contributed by atoms with E-state index in [2.05, 4.69) is 0 Å². The minimum atomic E-state index is -4.35. The minimum Gasteiger partial charge on any atom is -0.482 e. The molecule has 0 unspecified atom stereocenters. The second-order valence-corrected chi connectivity index (χ2v) is 5.19. The summed E-state index contributed by atoms with van der Waals surface area (Å²) in [6, 6.07) is 13.1. The first-order valence-electron chi connectivity index (χ1n) is 5.95. The van der Waals surface area contributed by atoms with Gasteiger partial charge in [0.25, 0.3) is 0 Å². The molecule has 106 valence electrons. The summed E-state index contributed by atoms with van der Waals surface area (Å²) < 4.78 is 43.3. The fraction of sp³-hybridized carbons (Fsp3) is 0.200. The third kappa shape index (κ3) is 3.93. The molecular weight excluding hydrogens is 285 g/mol. The second kappa shape index (κ2) is 6.22. The SMILES string of the molecule is Cc1ccc(C(F)(F)F)cc1OCSc1ccccc1. The van der Waals surface area contributed by atoms with Crippen molar-refractivity contribution >= 4 is 11.8 Å². The number of benzene rings is 2. The van der Waals surface area contributed by atoms with Crippen molar-refractivity contribution in [2.24, 2.45) is 0 Å². The highest BCUT2D eigenvalue weighted by molar-refractivity contribution is 7.99. The molecule has 0 radical (unpaired) electrons. The quantitative estimate of drug-likeness (QED) is 0.571. The van der Waals surface area contributed by atoms with Crippen molar-refractivity contribution in [2.75, 3.05) is 5.94 Å². The minimum absolute atomic E-state index is 0.267.